The van der Waals surface area contributed by atoms with Crippen molar-refractivity contribution in [3.05, 3.63) is 65.1 Å². The fourth-order valence-corrected chi connectivity index (χ4v) is 2.37. The largest absolute Gasteiger partial charge is 0.369 e. The number of nitrogens with two attached hydrogens (primary N) is 1. The summed E-state index contributed by atoms with van der Waals surface area (Å²) in [4.78, 5) is 27.6. The van der Waals surface area contributed by atoms with E-state index < -0.39 is 0 Å². The second-order valence-corrected chi connectivity index (χ2v) is 5.54. The van der Waals surface area contributed by atoms with Crippen molar-refractivity contribution in [3.63, 3.8) is 0 Å². The van der Waals surface area contributed by atoms with Crippen LogP contribution in [0, 0.1) is 6.92 Å². The quantitative estimate of drug-likeness (QED) is 0.731. The maximum Gasteiger partial charge on any atom is 0.257 e. The van der Waals surface area contributed by atoms with E-state index in [1.807, 2.05) is 37.3 Å². The molecule has 0 saturated carbocycles. The predicted octanol–water partition coefficient (Wildman–Crippen LogP) is 0.996. The fraction of sp³-hybridized carbons (Fsp3) is 0.176. The molecule has 0 spiro atoms. The van der Waals surface area contributed by atoms with Crippen molar-refractivity contribution in [2.75, 3.05) is 0 Å². The summed E-state index contributed by atoms with van der Waals surface area (Å²) >= 11 is 0. The lowest BCUT2D eigenvalue weighted by molar-refractivity contribution is -0.117. The Morgan fingerprint density at radius 3 is 2.58 bits per heavy atom. The van der Waals surface area contributed by atoms with Gasteiger partial charge in [-0.25, -0.2) is 9.50 Å². The van der Waals surface area contributed by atoms with E-state index in [9.17, 15) is 9.59 Å². The second-order valence-electron chi connectivity index (χ2n) is 5.54. The van der Waals surface area contributed by atoms with Crippen LogP contribution in [0.25, 0.3) is 5.65 Å². The van der Waals surface area contributed by atoms with Crippen LogP contribution in [0.15, 0.2) is 42.7 Å². The van der Waals surface area contributed by atoms with E-state index in [2.05, 4.69) is 15.4 Å². The summed E-state index contributed by atoms with van der Waals surface area (Å²) in [5.41, 5.74) is 8.72. The van der Waals surface area contributed by atoms with Crippen LogP contribution in [0.2, 0.25) is 0 Å². The normalized spacial score (nSPS) is 10.7. The Hall–Kier alpha value is -3.22. The minimum atomic E-state index is -0.369. The molecule has 1 aromatic carbocycles. The topological polar surface area (TPSA) is 102 Å². The second kappa shape index (κ2) is 6.49. The first kappa shape index (κ1) is 15.7. The number of hydrogen-bond acceptors (Lipinski definition) is 4. The number of aromatic nitrogens is 3. The van der Waals surface area contributed by atoms with E-state index in [-0.39, 0.29) is 18.2 Å². The molecule has 2 amide bonds. The first-order valence-electron chi connectivity index (χ1n) is 7.48. The highest BCUT2D eigenvalue weighted by atomic mass is 16.2. The molecule has 0 bridgehead atoms. The van der Waals surface area contributed by atoms with Crippen LogP contribution in [-0.4, -0.2) is 26.4 Å². The predicted molar refractivity (Wildman–Crippen MR) is 88.2 cm³/mol. The molecule has 3 rings (SSSR count). The van der Waals surface area contributed by atoms with Crippen molar-refractivity contribution in [1.82, 2.24) is 19.9 Å². The molecule has 0 aliphatic carbocycles. The molecule has 0 unspecified atom stereocenters. The van der Waals surface area contributed by atoms with E-state index >= 15 is 0 Å². The van der Waals surface area contributed by atoms with Gasteiger partial charge in [0.15, 0.2) is 5.65 Å². The van der Waals surface area contributed by atoms with Crippen molar-refractivity contribution < 1.29 is 9.59 Å². The first-order chi connectivity index (χ1) is 11.5. The zero-order chi connectivity index (χ0) is 17.1. The highest BCUT2D eigenvalue weighted by molar-refractivity contribution is 5.99. The van der Waals surface area contributed by atoms with Gasteiger partial charge in [0.1, 0.15) is 5.56 Å². The van der Waals surface area contributed by atoms with E-state index in [4.69, 9.17) is 5.73 Å². The Morgan fingerprint density at radius 1 is 1.17 bits per heavy atom. The number of primary amides is 1. The van der Waals surface area contributed by atoms with Gasteiger partial charge in [-0.15, -0.1) is 0 Å². The molecule has 0 aliphatic heterocycles. The number of carbonyl (C=O) groups excluding carboxylic acids is 2. The smallest absolute Gasteiger partial charge is 0.257 e. The zero-order valence-corrected chi connectivity index (χ0v) is 13.2. The molecule has 3 N–H and O–H groups in total. The summed E-state index contributed by atoms with van der Waals surface area (Å²) in [6, 6.07) is 9.20. The minimum Gasteiger partial charge on any atom is -0.369 e. The summed E-state index contributed by atoms with van der Waals surface area (Å²) < 4.78 is 1.57. The van der Waals surface area contributed by atoms with Crippen LogP contribution < -0.4 is 11.1 Å². The van der Waals surface area contributed by atoms with Crippen LogP contribution >= 0.6 is 0 Å². The number of rotatable bonds is 5. The van der Waals surface area contributed by atoms with Crippen molar-refractivity contribution in [1.29, 1.82) is 0 Å². The van der Waals surface area contributed by atoms with Crippen LogP contribution in [0.5, 0.6) is 0 Å². The Bertz CT molecular complexity index is 899. The van der Waals surface area contributed by atoms with Gasteiger partial charge in [-0.2, -0.15) is 5.10 Å². The third-order valence-electron chi connectivity index (χ3n) is 3.61. The average molecular weight is 323 g/mol. The molecular formula is C17H17N5O2. The standard InChI is InChI=1S/C17H17N5O2/c1-11-6-7-22-16(21-11)14(10-20-22)17(24)19-9-13-4-2-12(3-5-13)8-15(18)23/h2-7,10H,8-9H2,1H3,(H2,18,23)(H,19,24). The lowest BCUT2D eigenvalue weighted by Crippen LogP contribution is -2.23. The van der Waals surface area contributed by atoms with Crippen molar-refractivity contribution >= 4 is 17.5 Å². The van der Waals surface area contributed by atoms with Gasteiger partial charge in [-0.3, -0.25) is 9.59 Å². The third-order valence-corrected chi connectivity index (χ3v) is 3.61. The number of hydrogen-bond donors (Lipinski definition) is 2. The number of aryl methyl sites for hydroxylation is 1. The van der Waals surface area contributed by atoms with Crippen molar-refractivity contribution in [2.24, 2.45) is 5.73 Å². The van der Waals surface area contributed by atoms with Gasteiger partial charge in [0.05, 0.1) is 12.6 Å². The van der Waals surface area contributed by atoms with E-state index in [1.54, 1.807) is 10.7 Å². The zero-order valence-electron chi connectivity index (χ0n) is 13.2. The lowest BCUT2D eigenvalue weighted by atomic mass is 10.1. The molecule has 24 heavy (non-hydrogen) atoms. The van der Waals surface area contributed by atoms with Crippen LogP contribution in [0.1, 0.15) is 27.2 Å². The minimum absolute atomic E-state index is 0.208. The molecule has 0 saturated heterocycles. The average Bonchev–Trinajstić information content (AvgIpc) is 2.96. The highest BCUT2D eigenvalue weighted by Gasteiger charge is 2.13. The van der Waals surface area contributed by atoms with Gasteiger partial charge in [-0.05, 0) is 24.1 Å². The molecular weight excluding hydrogens is 306 g/mol. The number of nitrogens with zero attached hydrogens (tertiary/aromatic N) is 3. The summed E-state index contributed by atoms with van der Waals surface area (Å²) in [6.07, 6.45) is 3.49. The van der Waals surface area contributed by atoms with Crippen molar-refractivity contribution in [2.45, 2.75) is 19.9 Å². The molecule has 0 fully saturated rings. The molecule has 2 heterocycles. The van der Waals surface area contributed by atoms with E-state index in [0.717, 1.165) is 16.8 Å². The Morgan fingerprint density at radius 2 is 1.88 bits per heavy atom. The first-order valence-corrected chi connectivity index (χ1v) is 7.48. The number of nitrogens with one attached hydrogen (secondary N) is 1. The van der Waals surface area contributed by atoms with Gasteiger partial charge in [0, 0.05) is 18.4 Å². The molecule has 0 atom stereocenters. The van der Waals surface area contributed by atoms with Gasteiger partial charge < -0.3 is 11.1 Å². The molecule has 0 aliphatic rings. The van der Waals surface area contributed by atoms with Crippen LogP contribution in [0.4, 0.5) is 0 Å². The van der Waals surface area contributed by atoms with E-state index in [1.165, 1.54) is 6.20 Å². The molecule has 122 valence electrons. The summed E-state index contributed by atoms with van der Waals surface area (Å²) in [5.74, 6) is -0.601. The fourth-order valence-electron chi connectivity index (χ4n) is 2.37. The maximum atomic E-state index is 12.4. The molecule has 0 radical (unpaired) electrons. The van der Waals surface area contributed by atoms with Gasteiger partial charge >= 0.3 is 0 Å². The van der Waals surface area contributed by atoms with Gasteiger partial charge in [0.2, 0.25) is 5.91 Å². The Labute approximate surface area is 138 Å². The van der Waals surface area contributed by atoms with Gasteiger partial charge in [-0.1, -0.05) is 24.3 Å². The monoisotopic (exact) mass is 323 g/mol. The molecule has 7 heteroatoms. The van der Waals surface area contributed by atoms with Crippen LogP contribution in [-0.2, 0) is 17.8 Å². The number of carbonyl (C=O) groups is 2. The third kappa shape index (κ3) is 3.40. The summed E-state index contributed by atoms with van der Waals surface area (Å²) in [7, 11) is 0. The Kier molecular flexibility index (Phi) is 4.24. The number of fused-ring (bicyclic) bond motifs is 1. The van der Waals surface area contributed by atoms with Gasteiger partial charge in [0.25, 0.3) is 5.91 Å². The SMILES string of the molecule is Cc1ccn2ncc(C(=O)NCc3ccc(CC(N)=O)cc3)c2n1. The maximum absolute atomic E-state index is 12.4. The summed E-state index contributed by atoms with van der Waals surface area (Å²) in [5, 5.41) is 6.97. The molecule has 3 aromatic rings. The van der Waals surface area contributed by atoms with Crippen LogP contribution in [0.3, 0.4) is 0 Å². The Balaban J connectivity index is 1.68. The number of amides is 2. The lowest BCUT2D eigenvalue weighted by Gasteiger charge is -2.05. The van der Waals surface area contributed by atoms with E-state index in [0.29, 0.717) is 17.8 Å². The van der Waals surface area contributed by atoms with Crippen molar-refractivity contribution in [3.8, 4) is 0 Å². The molecule has 2 aromatic heterocycles. The highest BCUT2D eigenvalue weighted by Crippen LogP contribution is 2.10. The molecule has 7 nitrogen and oxygen atoms in total. The summed E-state index contributed by atoms with van der Waals surface area (Å²) in [6.45, 7) is 2.24. The number of benzene rings is 1.